The molecule has 2 aromatic rings. The number of carbonyl (C=O) groups excluding carboxylic acids is 1. The smallest absolute Gasteiger partial charge is 0.204 e. The Bertz CT molecular complexity index is 575. The van der Waals surface area contributed by atoms with Crippen LogP contribution in [0.4, 0.5) is 0 Å². The molecule has 0 aliphatic heterocycles. The zero-order valence-electron chi connectivity index (χ0n) is 8.14. The van der Waals surface area contributed by atoms with E-state index < -0.39 is 0 Å². The maximum atomic E-state index is 12.2. The fraction of sp³-hybridized carbons (Fsp3) is 0. The van der Waals surface area contributed by atoms with Crippen LogP contribution in [0.1, 0.15) is 15.2 Å². The number of benzene rings is 1. The Labute approximate surface area is 125 Å². The Balaban J connectivity index is 2.47. The lowest BCUT2D eigenvalue weighted by atomic mass is 10.1. The Hall–Kier alpha value is -0.0600. The van der Waals surface area contributed by atoms with E-state index in [4.69, 9.17) is 34.8 Å². The lowest BCUT2D eigenvalue weighted by molar-refractivity contribution is 0.104. The van der Waals surface area contributed by atoms with Gasteiger partial charge in [0.1, 0.15) is 0 Å². The fourth-order valence-electron chi connectivity index (χ4n) is 1.26. The van der Waals surface area contributed by atoms with Crippen molar-refractivity contribution in [2.75, 3.05) is 0 Å². The van der Waals surface area contributed by atoms with Crippen LogP contribution in [0.5, 0.6) is 0 Å². The van der Waals surface area contributed by atoms with Crippen LogP contribution >= 0.6 is 62.1 Å². The van der Waals surface area contributed by atoms with Gasteiger partial charge in [-0.15, -0.1) is 11.3 Å². The van der Waals surface area contributed by atoms with Crippen LogP contribution in [0.2, 0.25) is 15.1 Å². The van der Waals surface area contributed by atoms with E-state index in [1.807, 2.05) is 0 Å². The van der Waals surface area contributed by atoms with Crippen molar-refractivity contribution in [1.29, 1.82) is 0 Å². The summed E-state index contributed by atoms with van der Waals surface area (Å²) in [4.78, 5) is 12.7. The molecule has 0 saturated heterocycles. The standard InChI is InChI=1S/C11H4BrCl3OS/c12-11-8(15)4-9(17-11)10(16)6-3-5(13)1-2-7(6)14/h1-4H. The molecular weight excluding hydrogens is 366 g/mol. The van der Waals surface area contributed by atoms with E-state index in [0.29, 0.717) is 25.5 Å². The molecule has 1 heterocycles. The molecule has 1 aromatic heterocycles. The third-order valence-corrected chi connectivity index (χ3v) is 5.08. The molecule has 0 spiro atoms. The molecule has 0 bridgehead atoms. The van der Waals surface area contributed by atoms with E-state index in [9.17, 15) is 4.79 Å². The number of hydrogen-bond donors (Lipinski definition) is 0. The molecule has 2 rings (SSSR count). The molecule has 0 N–H and O–H groups in total. The first kappa shape index (κ1) is 13.4. The normalized spacial score (nSPS) is 10.6. The number of ketones is 1. The van der Waals surface area contributed by atoms with Crippen LogP contribution < -0.4 is 0 Å². The molecule has 88 valence electrons. The Kier molecular flexibility index (Phi) is 4.16. The summed E-state index contributed by atoms with van der Waals surface area (Å²) >= 11 is 22.2. The summed E-state index contributed by atoms with van der Waals surface area (Å²) < 4.78 is 0.723. The van der Waals surface area contributed by atoms with Gasteiger partial charge in [-0.1, -0.05) is 34.8 Å². The summed E-state index contributed by atoms with van der Waals surface area (Å²) in [5, 5.41) is 1.36. The van der Waals surface area contributed by atoms with Gasteiger partial charge in [0.2, 0.25) is 5.78 Å². The van der Waals surface area contributed by atoms with Gasteiger partial charge in [-0.3, -0.25) is 4.79 Å². The lowest BCUT2D eigenvalue weighted by Crippen LogP contribution is -1.99. The lowest BCUT2D eigenvalue weighted by Gasteiger charge is -2.01. The van der Waals surface area contributed by atoms with Crippen molar-refractivity contribution in [2.24, 2.45) is 0 Å². The number of thiophene rings is 1. The van der Waals surface area contributed by atoms with Gasteiger partial charge in [0, 0.05) is 10.6 Å². The van der Waals surface area contributed by atoms with E-state index in [2.05, 4.69) is 15.9 Å². The van der Waals surface area contributed by atoms with Crippen LogP contribution in [0, 0.1) is 0 Å². The molecule has 6 heteroatoms. The number of halogens is 4. The van der Waals surface area contributed by atoms with Gasteiger partial charge in [0.05, 0.1) is 18.7 Å². The van der Waals surface area contributed by atoms with Crippen molar-refractivity contribution in [3.63, 3.8) is 0 Å². The van der Waals surface area contributed by atoms with Crippen molar-refractivity contribution in [2.45, 2.75) is 0 Å². The second kappa shape index (κ2) is 5.29. The van der Waals surface area contributed by atoms with Crippen LogP contribution in [0.15, 0.2) is 28.1 Å². The summed E-state index contributed by atoms with van der Waals surface area (Å²) in [6.07, 6.45) is 0. The molecule has 0 saturated carbocycles. The van der Waals surface area contributed by atoms with Crippen LogP contribution in [0.3, 0.4) is 0 Å². The molecule has 1 nitrogen and oxygen atoms in total. The van der Waals surface area contributed by atoms with Gasteiger partial charge in [-0.05, 0) is 40.2 Å². The summed E-state index contributed by atoms with van der Waals surface area (Å²) in [5.41, 5.74) is 0.379. The Morgan fingerprint density at radius 2 is 1.82 bits per heavy atom. The zero-order valence-corrected chi connectivity index (χ0v) is 12.8. The van der Waals surface area contributed by atoms with Gasteiger partial charge >= 0.3 is 0 Å². The third kappa shape index (κ3) is 2.85. The summed E-state index contributed by atoms with van der Waals surface area (Å²) in [7, 11) is 0. The first-order valence-corrected chi connectivity index (χ1v) is 7.18. The summed E-state index contributed by atoms with van der Waals surface area (Å²) in [5.74, 6) is -0.185. The summed E-state index contributed by atoms with van der Waals surface area (Å²) in [6.45, 7) is 0. The minimum Gasteiger partial charge on any atom is -0.288 e. The van der Waals surface area contributed by atoms with E-state index in [0.717, 1.165) is 3.79 Å². The van der Waals surface area contributed by atoms with Gasteiger partial charge in [-0.2, -0.15) is 0 Å². The van der Waals surface area contributed by atoms with Crippen LogP contribution in [-0.2, 0) is 0 Å². The van der Waals surface area contributed by atoms with Crippen molar-refractivity contribution >= 4 is 67.9 Å². The SMILES string of the molecule is O=C(c1cc(Cl)c(Br)s1)c1cc(Cl)ccc1Cl. The van der Waals surface area contributed by atoms with Gasteiger partial charge in [0.25, 0.3) is 0 Å². The number of rotatable bonds is 2. The summed E-state index contributed by atoms with van der Waals surface area (Å²) in [6, 6.07) is 6.39. The second-order valence-corrected chi connectivity index (χ2v) is 6.81. The fourth-order valence-corrected chi connectivity index (χ4v) is 3.29. The maximum Gasteiger partial charge on any atom is 0.204 e. The van der Waals surface area contributed by atoms with Crippen molar-refractivity contribution in [3.8, 4) is 0 Å². The van der Waals surface area contributed by atoms with E-state index >= 15 is 0 Å². The molecule has 0 radical (unpaired) electrons. The number of carbonyl (C=O) groups is 1. The first-order valence-electron chi connectivity index (χ1n) is 4.43. The highest BCUT2D eigenvalue weighted by Gasteiger charge is 2.17. The van der Waals surface area contributed by atoms with Crippen molar-refractivity contribution in [1.82, 2.24) is 0 Å². The predicted octanol–water partition coefficient (Wildman–Crippen LogP) is 5.70. The van der Waals surface area contributed by atoms with Crippen LogP contribution in [0.25, 0.3) is 0 Å². The van der Waals surface area contributed by atoms with Gasteiger partial charge < -0.3 is 0 Å². The van der Waals surface area contributed by atoms with Crippen LogP contribution in [-0.4, -0.2) is 5.78 Å². The molecule has 0 unspecified atom stereocenters. The minimum atomic E-state index is -0.185. The second-order valence-electron chi connectivity index (χ2n) is 3.19. The van der Waals surface area contributed by atoms with E-state index in [1.165, 1.54) is 11.3 Å². The first-order chi connectivity index (χ1) is 7.99. The highest BCUT2D eigenvalue weighted by molar-refractivity contribution is 9.11. The van der Waals surface area contributed by atoms with Gasteiger partial charge in [-0.25, -0.2) is 0 Å². The third-order valence-electron chi connectivity index (χ3n) is 2.04. The monoisotopic (exact) mass is 368 g/mol. The molecule has 17 heavy (non-hydrogen) atoms. The number of hydrogen-bond acceptors (Lipinski definition) is 2. The highest BCUT2D eigenvalue weighted by atomic mass is 79.9. The molecule has 0 atom stereocenters. The van der Waals surface area contributed by atoms with Crippen molar-refractivity contribution in [3.05, 3.63) is 53.6 Å². The average molecular weight is 370 g/mol. The van der Waals surface area contributed by atoms with E-state index in [-0.39, 0.29) is 5.78 Å². The molecule has 0 aliphatic rings. The predicted molar refractivity (Wildman–Crippen MR) is 76.9 cm³/mol. The largest absolute Gasteiger partial charge is 0.288 e. The topological polar surface area (TPSA) is 17.1 Å². The molecule has 0 fully saturated rings. The van der Waals surface area contributed by atoms with E-state index in [1.54, 1.807) is 24.3 Å². The average Bonchev–Trinajstić information content (AvgIpc) is 2.62. The molecular formula is C11H4BrCl3OS. The highest BCUT2D eigenvalue weighted by Crippen LogP contribution is 2.34. The Morgan fingerprint density at radius 3 is 2.41 bits per heavy atom. The zero-order chi connectivity index (χ0) is 12.6. The minimum absolute atomic E-state index is 0.185. The van der Waals surface area contributed by atoms with Gasteiger partial charge in [0.15, 0.2) is 0 Å². The molecule has 1 aromatic carbocycles. The Morgan fingerprint density at radius 1 is 1.12 bits per heavy atom. The molecule has 0 aliphatic carbocycles. The molecule has 0 amide bonds. The quantitative estimate of drug-likeness (QED) is 0.620. The van der Waals surface area contributed by atoms with Crippen molar-refractivity contribution < 1.29 is 4.79 Å². The maximum absolute atomic E-state index is 12.2.